The van der Waals surface area contributed by atoms with Gasteiger partial charge in [0.2, 0.25) is 5.91 Å². The Labute approximate surface area is 88.9 Å². The second kappa shape index (κ2) is 4.39. The lowest BCUT2D eigenvalue weighted by Gasteiger charge is -2.27. The first-order valence-electron chi connectivity index (χ1n) is 4.77. The van der Waals surface area contributed by atoms with Crippen molar-refractivity contribution in [3.05, 3.63) is 12.2 Å². The van der Waals surface area contributed by atoms with Crippen LogP contribution in [0.2, 0.25) is 0 Å². The van der Waals surface area contributed by atoms with Crippen LogP contribution in [-0.2, 0) is 11.3 Å². The van der Waals surface area contributed by atoms with Crippen LogP contribution >= 0.6 is 0 Å². The van der Waals surface area contributed by atoms with Crippen LogP contribution in [0.1, 0.15) is 19.7 Å². The van der Waals surface area contributed by atoms with E-state index in [1.807, 2.05) is 13.8 Å². The normalized spacial score (nSPS) is 11.5. The average molecular weight is 211 g/mol. The van der Waals surface area contributed by atoms with E-state index in [-0.39, 0.29) is 5.91 Å². The molecule has 0 aromatic carbocycles. The van der Waals surface area contributed by atoms with Gasteiger partial charge in [0.25, 0.3) is 0 Å². The van der Waals surface area contributed by atoms with Gasteiger partial charge >= 0.3 is 0 Å². The number of carbonyl (C=O) groups excluding carboxylic acids is 1. The molecule has 1 heterocycles. The van der Waals surface area contributed by atoms with E-state index >= 15 is 0 Å². The van der Waals surface area contributed by atoms with E-state index in [4.69, 9.17) is 5.73 Å². The zero-order valence-electron chi connectivity index (χ0n) is 9.32. The second-order valence-electron chi connectivity index (χ2n) is 4.18. The number of nitrogens with zero attached hydrogens (tertiary/aromatic N) is 3. The van der Waals surface area contributed by atoms with Crippen molar-refractivity contribution >= 4 is 5.91 Å². The molecule has 0 radical (unpaired) electrons. The Morgan fingerprint density at radius 3 is 2.80 bits per heavy atom. The molecule has 1 aromatic rings. The Bertz CT molecular complexity index is 319. The van der Waals surface area contributed by atoms with Crippen LogP contribution < -0.4 is 5.73 Å². The minimum Gasteiger partial charge on any atom is -0.338 e. The van der Waals surface area contributed by atoms with Crippen molar-refractivity contribution in [2.75, 3.05) is 13.6 Å². The van der Waals surface area contributed by atoms with E-state index in [2.05, 4.69) is 15.2 Å². The highest BCUT2D eigenvalue weighted by atomic mass is 16.2. The van der Waals surface area contributed by atoms with Crippen molar-refractivity contribution in [1.29, 1.82) is 0 Å². The summed E-state index contributed by atoms with van der Waals surface area (Å²) in [5.41, 5.74) is 5.00. The summed E-state index contributed by atoms with van der Waals surface area (Å²) in [6.45, 7) is 4.40. The molecule has 1 aromatic heterocycles. The number of aromatic amines is 1. The van der Waals surface area contributed by atoms with E-state index in [0.717, 1.165) is 0 Å². The summed E-state index contributed by atoms with van der Waals surface area (Å²) in [4.78, 5) is 17.5. The van der Waals surface area contributed by atoms with E-state index in [1.54, 1.807) is 11.9 Å². The topological polar surface area (TPSA) is 87.9 Å². The van der Waals surface area contributed by atoms with Crippen molar-refractivity contribution in [3.8, 4) is 0 Å². The maximum Gasteiger partial charge on any atom is 0.229 e. The zero-order valence-corrected chi connectivity index (χ0v) is 9.32. The summed E-state index contributed by atoms with van der Waals surface area (Å²) in [5.74, 6) is 0.667. The van der Waals surface area contributed by atoms with Crippen LogP contribution in [0.25, 0.3) is 0 Å². The number of aromatic nitrogens is 3. The van der Waals surface area contributed by atoms with Crippen molar-refractivity contribution in [1.82, 2.24) is 20.1 Å². The van der Waals surface area contributed by atoms with Gasteiger partial charge in [-0.3, -0.25) is 9.89 Å². The molecule has 0 atom stereocenters. The molecule has 0 aliphatic heterocycles. The summed E-state index contributed by atoms with van der Waals surface area (Å²) < 4.78 is 0. The summed E-state index contributed by atoms with van der Waals surface area (Å²) in [5, 5.41) is 6.42. The number of amides is 1. The molecule has 0 aliphatic rings. The van der Waals surface area contributed by atoms with Gasteiger partial charge in [0.15, 0.2) is 0 Å². The van der Waals surface area contributed by atoms with E-state index < -0.39 is 5.41 Å². The van der Waals surface area contributed by atoms with Gasteiger partial charge in [-0.2, -0.15) is 5.10 Å². The van der Waals surface area contributed by atoms with E-state index in [9.17, 15) is 4.79 Å². The van der Waals surface area contributed by atoms with Crippen LogP contribution in [0.3, 0.4) is 0 Å². The summed E-state index contributed by atoms with van der Waals surface area (Å²) in [6, 6.07) is 0. The molecule has 84 valence electrons. The predicted octanol–water partition coefficient (Wildman–Crippen LogP) is -0.252. The van der Waals surface area contributed by atoms with E-state index in [1.165, 1.54) is 6.33 Å². The fraction of sp³-hybridized carbons (Fsp3) is 0.667. The minimum atomic E-state index is -0.533. The Balaban J connectivity index is 2.61. The third-order valence-electron chi connectivity index (χ3n) is 2.29. The highest BCUT2D eigenvalue weighted by Gasteiger charge is 2.29. The summed E-state index contributed by atoms with van der Waals surface area (Å²) >= 11 is 0. The average Bonchev–Trinajstić information content (AvgIpc) is 2.69. The molecule has 0 unspecified atom stereocenters. The largest absolute Gasteiger partial charge is 0.338 e. The molecule has 0 saturated carbocycles. The van der Waals surface area contributed by atoms with Crippen LogP contribution in [0.15, 0.2) is 6.33 Å². The third kappa shape index (κ3) is 2.76. The monoisotopic (exact) mass is 211 g/mol. The van der Waals surface area contributed by atoms with Crippen molar-refractivity contribution < 1.29 is 4.79 Å². The van der Waals surface area contributed by atoms with Crippen molar-refractivity contribution in [2.24, 2.45) is 11.1 Å². The molecule has 0 fully saturated rings. The second-order valence-corrected chi connectivity index (χ2v) is 4.18. The Morgan fingerprint density at radius 1 is 1.67 bits per heavy atom. The fourth-order valence-electron chi connectivity index (χ4n) is 1.21. The minimum absolute atomic E-state index is 0.00130. The lowest BCUT2D eigenvalue weighted by Crippen LogP contribution is -2.42. The first-order valence-corrected chi connectivity index (χ1v) is 4.77. The van der Waals surface area contributed by atoms with Gasteiger partial charge in [-0.25, -0.2) is 4.98 Å². The van der Waals surface area contributed by atoms with Crippen LogP contribution in [0.5, 0.6) is 0 Å². The van der Waals surface area contributed by atoms with Gasteiger partial charge in [0.1, 0.15) is 12.2 Å². The lowest BCUT2D eigenvalue weighted by molar-refractivity contribution is -0.139. The predicted molar refractivity (Wildman–Crippen MR) is 55.7 cm³/mol. The molecule has 1 amide bonds. The van der Waals surface area contributed by atoms with Gasteiger partial charge in [-0.15, -0.1) is 0 Å². The summed E-state index contributed by atoms with van der Waals surface area (Å²) in [7, 11) is 1.72. The lowest BCUT2D eigenvalue weighted by atomic mass is 9.92. The van der Waals surface area contributed by atoms with Gasteiger partial charge in [0, 0.05) is 13.6 Å². The molecule has 3 N–H and O–H groups in total. The van der Waals surface area contributed by atoms with Crippen LogP contribution in [0.4, 0.5) is 0 Å². The number of H-pyrrole nitrogens is 1. The maximum absolute atomic E-state index is 11.9. The van der Waals surface area contributed by atoms with Gasteiger partial charge in [-0.05, 0) is 13.8 Å². The Morgan fingerprint density at radius 2 is 2.33 bits per heavy atom. The standard InChI is InChI=1S/C9H17N5O/c1-9(2,5-10)8(15)14(3)4-7-11-6-12-13-7/h6H,4-5,10H2,1-3H3,(H,11,12,13). The van der Waals surface area contributed by atoms with Gasteiger partial charge < -0.3 is 10.6 Å². The number of hydrogen-bond donors (Lipinski definition) is 2. The molecule has 6 nitrogen and oxygen atoms in total. The Kier molecular flexibility index (Phi) is 3.41. The molecular weight excluding hydrogens is 194 g/mol. The molecule has 1 rings (SSSR count). The zero-order chi connectivity index (χ0) is 11.5. The molecular formula is C9H17N5O. The van der Waals surface area contributed by atoms with E-state index in [0.29, 0.717) is 18.9 Å². The highest BCUT2D eigenvalue weighted by Crippen LogP contribution is 2.16. The number of carbonyl (C=O) groups is 1. The number of rotatable bonds is 4. The molecule has 0 bridgehead atoms. The molecule has 0 aliphatic carbocycles. The highest BCUT2D eigenvalue weighted by molar-refractivity contribution is 5.81. The summed E-state index contributed by atoms with van der Waals surface area (Å²) in [6.07, 6.45) is 1.42. The van der Waals surface area contributed by atoms with Crippen molar-refractivity contribution in [2.45, 2.75) is 20.4 Å². The molecule has 0 spiro atoms. The third-order valence-corrected chi connectivity index (χ3v) is 2.29. The number of hydrogen-bond acceptors (Lipinski definition) is 4. The first kappa shape index (κ1) is 11.6. The first-order chi connectivity index (χ1) is 6.97. The Hall–Kier alpha value is -1.43. The SMILES string of the molecule is CN(Cc1ncn[nH]1)C(=O)C(C)(C)CN. The molecule has 0 saturated heterocycles. The van der Waals surface area contributed by atoms with Crippen LogP contribution in [-0.4, -0.2) is 39.6 Å². The molecule has 6 heteroatoms. The van der Waals surface area contributed by atoms with Crippen molar-refractivity contribution in [3.63, 3.8) is 0 Å². The number of nitrogens with two attached hydrogens (primary N) is 1. The quantitative estimate of drug-likeness (QED) is 0.718. The maximum atomic E-state index is 11.9. The molecule has 15 heavy (non-hydrogen) atoms. The van der Waals surface area contributed by atoms with Gasteiger partial charge in [0.05, 0.1) is 12.0 Å². The smallest absolute Gasteiger partial charge is 0.229 e. The van der Waals surface area contributed by atoms with Crippen LogP contribution in [0, 0.1) is 5.41 Å². The van der Waals surface area contributed by atoms with Gasteiger partial charge in [-0.1, -0.05) is 0 Å². The number of nitrogens with one attached hydrogen (secondary N) is 1. The fourth-order valence-corrected chi connectivity index (χ4v) is 1.21.